The summed E-state index contributed by atoms with van der Waals surface area (Å²) in [7, 11) is -2.86. The molecule has 2 aromatic carbocycles. The Bertz CT molecular complexity index is 1170. The van der Waals surface area contributed by atoms with E-state index < -0.39 is 33.8 Å². The number of aliphatic imine (C=N–C) groups is 1. The number of nitrogens with two attached hydrogens (primary N) is 1. The summed E-state index contributed by atoms with van der Waals surface area (Å²) < 4.78 is 57.0. The van der Waals surface area contributed by atoms with E-state index in [1.165, 1.54) is 7.05 Å². The van der Waals surface area contributed by atoms with Crippen molar-refractivity contribution in [2.24, 2.45) is 15.8 Å². The topological polar surface area (TPSA) is 91.4 Å². The lowest BCUT2D eigenvalue weighted by Gasteiger charge is -2.36. The number of piperidine rings is 1. The molecule has 2 heterocycles. The maximum Gasteiger partial charge on any atom is 0.261 e. The van der Waals surface area contributed by atoms with Crippen LogP contribution in [0.3, 0.4) is 0 Å². The predicted octanol–water partition coefficient (Wildman–Crippen LogP) is 3.67. The number of benzene rings is 2. The Balaban J connectivity index is 1.88. The zero-order valence-electron chi connectivity index (χ0n) is 17.9. The summed E-state index contributed by atoms with van der Waals surface area (Å²) in [5, 5.41) is 5.28. The number of amidine groups is 1. The molecule has 11 heteroatoms. The molecule has 7 nitrogen and oxygen atoms in total. The first-order valence-electron chi connectivity index (χ1n) is 10.4. The molecule has 2 aliphatic heterocycles. The average Bonchev–Trinajstić information content (AvgIpc) is 3.20. The van der Waals surface area contributed by atoms with Gasteiger partial charge in [-0.1, -0.05) is 41.9 Å². The van der Waals surface area contributed by atoms with Gasteiger partial charge in [-0.25, -0.2) is 17.2 Å². The molecular formula is C22H24ClF2N5O2S. The molecule has 0 amide bonds. The van der Waals surface area contributed by atoms with Gasteiger partial charge in [0.15, 0.2) is 0 Å². The highest BCUT2D eigenvalue weighted by Gasteiger charge is 2.52. The van der Waals surface area contributed by atoms with Crippen molar-refractivity contribution in [1.29, 1.82) is 0 Å². The summed E-state index contributed by atoms with van der Waals surface area (Å²) in [6.07, 6.45) is -0.276. The maximum absolute atomic E-state index is 14.2. The van der Waals surface area contributed by atoms with E-state index in [9.17, 15) is 17.2 Å². The van der Waals surface area contributed by atoms with E-state index in [0.717, 1.165) is 4.31 Å². The lowest BCUT2D eigenvalue weighted by Crippen LogP contribution is -2.53. The van der Waals surface area contributed by atoms with Gasteiger partial charge in [-0.05, 0) is 36.2 Å². The van der Waals surface area contributed by atoms with Crippen LogP contribution in [0.4, 0.5) is 14.5 Å². The number of nitrogens with zero attached hydrogens (tertiary/aromatic N) is 4. The molecule has 0 radical (unpaired) electrons. The standard InChI is InChI=1S/C22H24ClF2N5O2S/c1-27-21(26)18-20(33(31,32)29-13-5-12-22(24,25)14-29)19(15-6-3-2-4-7-15)30(28-18)17-10-8-16(23)9-11-17/h2-4,6-11,19-20H,5,12-14H2,1H3,(H2,26,27). The van der Waals surface area contributed by atoms with Gasteiger partial charge in [0.25, 0.3) is 5.92 Å². The van der Waals surface area contributed by atoms with Gasteiger partial charge in [0.05, 0.1) is 12.2 Å². The number of alkyl halides is 2. The summed E-state index contributed by atoms with van der Waals surface area (Å²) in [4.78, 5) is 3.96. The Morgan fingerprint density at radius 2 is 1.85 bits per heavy atom. The van der Waals surface area contributed by atoms with Crippen molar-refractivity contribution in [2.75, 3.05) is 25.1 Å². The Kier molecular flexibility index (Phi) is 6.43. The van der Waals surface area contributed by atoms with Gasteiger partial charge in [-0.15, -0.1) is 0 Å². The number of halogens is 3. The molecule has 2 atom stereocenters. The van der Waals surface area contributed by atoms with Gasteiger partial charge in [0.2, 0.25) is 10.0 Å². The van der Waals surface area contributed by atoms with Crippen LogP contribution in [0.25, 0.3) is 0 Å². The molecule has 0 saturated carbocycles. The fourth-order valence-corrected chi connectivity index (χ4v) is 6.46. The first-order chi connectivity index (χ1) is 15.6. The Morgan fingerprint density at radius 1 is 1.18 bits per heavy atom. The third kappa shape index (κ3) is 4.60. The second kappa shape index (κ2) is 9.00. The van der Waals surface area contributed by atoms with Crippen molar-refractivity contribution in [3.8, 4) is 0 Å². The van der Waals surface area contributed by atoms with Crippen LogP contribution in [-0.2, 0) is 10.0 Å². The molecule has 0 aromatic heterocycles. The molecule has 2 N–H and O–H groups in total. The first kappa shape index (κ1) is 23.6. The Labute approximate surface area is 196 Å². The molecule has 2 aliphatic rings. The molecule has 0 aliphatic carbocycles. The van der Waals surface area contributed by atoms with Crippen molar-refractivity contribution < 1.29 is 17.2 Å². The minimum absolute atomic E-state index is 0.00727. The van der Waals surface area contributed by atoms with E-state index in [2.05, 4.69) is 10.1 Å². The quantitative estimate of drug-likeness (QED) is 0.506. The van der Waals surface area contributed by atoms with E-state index in [-0.39, 0.29) is 30.9 Å². The third-order valence-corrected chi connectivity index (χ3v) is 8.22. The molecule has 4 rings (SSSR count). The molecule has 1 fully saturated rings. The van der Waals surface area contributed by atoms with E-state index in [1.807, 2.05) is 6.07 Å². The van der Waals surface area contributed by atoms with Crippen LogP contribution in [0.1, 0.15) is 24.4 Å². The number of hydrogen-bond donors (Lipinski definition) is 1. The van der Waals surface area contributed by atoms with Crippen molar-refractivity contribution in [3.05, 3.63) is 65.2 Å². The summed E-state index contributed by atoms with van der Waals surface area (Å²) in [5.74, 6) is -3.16. The lowest BCUT2D eigenvalue weighted by molar-refractivity contribution is -0.0435. The highest BCUT2D eigenvalue weighted by atomic mass is 35.5. The molecule has 33 heavy (non-hydrogen) atoms. The fraction of sp³-hybridized carbons (Fsp3) is 0.364. The van der Waals surface area contributed by atoms with Gasteiger partial charge in [-0.3, -0.25) is 10.0 Å². The van der Waals surface area contributed by atoms with Gasteiger partial charge in [0, 0.05) is 25.0 Å². The number of hydrogen-bond acceptors (Lipinski definition) is 5. The highest BCUT2D eigenvalue weighted by molar-refractivity contribution is 7.90. The number of hydrazone groups is 1. The van der Waals surface area contributed by atoms with Crippen LogP contribution in [0.2, 0.25) is 5.02 Å². The largest absolute Gasteiger partial charge is 0.382 e. The molecule has 1 saturated heterocycles. The van der Waals surface area contributed by atoms with Crippen LogP contribution >= 0.6 is 11.6 Å². The molecule has 0 bridgehead atoms. The number of sulfonamides is 1. The number of rotatable bonds is 5. The lowest BCUT2D eigenvalue weighted by atomic mass is 10.0. The fourth-order valence-electron chi connectivity index (χ4n) is 4.21. The van der Waals surface area contributed by atoms with E-state index in [0.29, 0.717) is 16.3 Å². The Hall–Kier alpha value is -2.56. The van der Waals surface area contributed by atoms with Crippen LogP contribution < -0.4 is 10.7 Å². The van der Waals surface area contributed by atoms with Crippen molar-refractivity contribution >= 4 is 38.9 Å². The maximum atomic E-state index is 14.2. The zero-order valence-corrected chi connectivity index (χ0v) is 19.5. The summed E-state index contributed by atoms with van der Waals surface area (Å²) >= 11 is 6.04. The van der Waals surface area contributed by atoms with Gasteiger partial charge in [0.1, 0.15) is 22.8 Å². The molecule has 2 aromatic rings. The second-order valence-electron chi connectivity index (χ2n) is 8.03. The van der Waals surface area contributed by atoms with E-state index in [1.54, 1.807) is 53.5 Å². The molecule has 176 valence electrons. The van der Waals surface area contributed by atoms with Crippen molar-refractivity contribution in [2.45, 2.75) is 30.1 Å². The molecule has 0 spiro atoms. The molecule has 2 unspecified atom stereocenters. The smallest absolute Gasteiger partial charge is 0.261 e. The predicted molar refractivity (Wildman–Crippen MR) is 127 cm³/mol. The van der Waals surface area contributed by atoms with Crippen LogP contribution in [0.5, 0.6) is 0 Å². The SMILES string of the molecule is CN=C(N)C1=NN(c2ccc(Cl)cc2)C(c2ccccc2)C1S(=O)(=O)N1CCCC(F)(F)C1. The Morgan fingerprint density at radius 3 is 2.45 bits per heavy atom. The van der Waals surface area contributed by atoms with Crippen LogP contribution in [0.15, 0.2) is 64.7 Å². The summed E-state index contributed by atoms with van der Waals surface area (Å²) in [6, 6.07) is 14.8. The monoisotopic (exact) mass is 495 g/mol. The first-order valence-corrected chi connectivity index (χ1v) is 12.3. The average molecular weight is 496 g/mol. The number of anilines is 1. The summed E-state index contributed by atoms with van der Waals surface area (Å²) in [5.41, 5.74) is 7.34. The third-order valence-electron chi connectivity index (χ3n) is 5.81. The van der Waals surface area contributed by atoms with Gasteiger partial charge >= 0.3 is 0 Å². The highest BCUT2D eigenvalue weighted by Crippen LogP contribution is 2.41. The minimum atomic E-state index is -4.29. The van der Waals surface area contributed by atoms with E-state index in [4.69, 9.17) is 17.3 Å². The molecular weight excluding hydrogens is 472 g/mol. The van der Waals surface area contributed by atoms with Gasteiger partial charge < -0.3 is 5.73 Å². The second-order valence-corrected chi connectivity index (χ2v) is 10.5. The van der Waals surface area contributed by atoms with Crippen molar-refractivity contribution in [1.82, 2.24) is 4.31 Å². The normalized spacial score (nSPS) is 24.1. The zero-order chi connectivity index (χ0) is 23.8. The van der Waals surface area contributed by atoms with Crippen LogP contribution in [0, 0.1) is 0 Å². The van der Waals surface area contributed by atoms with E-state index >= 15 is 0 Å². The van der Waals surface area contributed by atoms with Crippen LogP contribution in [-0.4, -0.2) is 55.6 Å². The van der Waals surface area contributed by atoms with Gasteiger partial charge in [-0.2, -0.15) is 9.41 Å². The minimum Gasteiger partial charge on any atom is -0.382 e. The summed E-state index contributed by atoms with van der Waals surface area (Å²) in [6.45, 7) is -0.863. The van der Waals surface area contributed by atoms with Crippen molar-refractivity contribution in [3.63, 3.8) is 0 Å².